The molecule has 1 saturated heterocycles. The van der Waals surface area contributed by atoms with Gasteiger partial charge in [0.15, 0.2) is 0 Å². The third kappa shape index (κ3) is 3.22. The van der Waals surface area contributed by atoms with Crippen LogP contribution in [0.5, 0.6) is 0 Å². The average molecular weight is 316 g/mol. The largest absolute Gasteiger partial charge is 0.379 e. The van der Waals surface area contributed by atoms with E-state index >= 15 is 0 Å². The standard InChI is InChI=1S/C13H17FN2O4S/c1-8-11(14)5-9(6-12(8)21(15,18)19)13(17)16(2)10-3-4-20-7-10/h5-6,10H,3-4,7H2,1-2H3,(H2,15,18,19). The summed E-state index contributed by atoms with van der Waals surface area (Å²) in [6, 6.07) is 2.04. The molecule has 2 N–H and O–H groups in total. The number of amides is 1. The van der Waals surface area contributed by atoms with E-state index in [1.54, 1.807) is 7.05 Å². The van der Waals surface area contributed by atoms with Crippen LogP contribution in [-0.4, -0.2) is 45.5 Å². The highest BCUT2D eigenvalue weighted by atomic mass is 32.2. The van der Waals surface area contributed by atoms with Crippen molar-refractivity contribution in [3.8, 4) is 0 Å². The zero-order chi connectivity index (χ0) is 15.8. The molecule has 2 rings (SSSR count). The van der Waals surface area contributed by atoms with Crippen molar-refractivity contribution in [3.63, 3.8) is 0 Å². The Bertz CT molecular complexity index is 669. The molecule has 1 aliphatic rings. The van der Waals surface area contributed by atoms with Gasteiger partial charge in [-0.15, -0.1) is 0 Å². The van der Waals surface area contributed by atoms with Gasteiger partial charge in [0.25, 0.3) is 5.91 Å². The fraction of sp³-hybridized carbons (Fsp3) is 0.462. The van der Waals surface area contributed by atoms with Crippen LogP contribution >= 0.6 is 0 Å². The van der Waals surface area contributed by atoms with Gasteiger partial charge in [0.05, 0.1) is 17.5 Å². The van der Waals surface area contributed by atoms with Gasteiger partial charge in [-0.1, -0.05) is 0 Å². The van der Waals surface area contributed by atoms with Crippen molar-refractivity contribution >= 4 is 15.9 Å². The monoisotopic (exact) mass is 316 g/mol. The van der Waals surface area contributed by atoms with E-state index in [1.807, 2.05) is 0 Å². The Morgan fingerprint density at radius 2 is 2.14 bits per heavy atom. The average Bonchev–Trinajstić information content (AvgIpc) is 2.92. The van der Waals surface area contributed by atoms with Crippen molar-refractivity contribution in [2.45, 2.75) is 24.3 Å². The van der Waals surface area contributed by atoms with Crippen LogP contribution in [0.15, 0.2) is 17.0 Å². The fourth-order valence-corrected chi connectivity index (χ4v) is 3.09. The predicted molar refractivity (Wildman–Crippen MR) is 73.8 cm³/mol. The Balaban J connectivity index is 2.40. The summed E-state index contributed by atoms with van der Waals surface area (Å²) in [6.45, 7) is 2.28. The number of primary sulfonamides is 1. The van der Waals surface area contributed by atoms with Crippen molar-refractivity contribution in [2.75, 3.05) is 20.3 Å². The molecule has 1 heterocycles. The molecule has 1 aromatic rings. The van der Waals surface area contributed by atoms with Crippen LogP contribution in [0.2, 0.25) is 0 Å². The first-order valence-electron chi connectivity index (χ1n) is 6.39. The first-order valence-corrected chi connectivity index (χ1v) is 7.94. The molecule has 1 aliphatic heterocycles. The second kappa shape index (κ2) is 5.70. The van der Waals surface area contributed by atoms with E-state index in [0.29, 0.717) is 19.6 Å². The number of carbonyl (C=O) groups excluding carboxylic acids is 1. The smallest absolute Gasteiger partial charge is 0.254 e. The zero-order valence-electron chi connectivity index (χ0n) is 11.8. The van der Waals surface area contributed by atoms with Crippen LogP contribution in [0.4, 0.5) is 4.39 Å². The van der Waals surface area contributed by atoms with Gasteiger partial charge in [-0.3, -0.25) is 4.79 Å². The van der Waals surface area contributed by atoms with E-state index in [-0.39, 0.29) is 22.1 Å². The normalized spacial score (nSPS) is 18.8. The van der Waals surface area contributed by atoms with Gasteiger partial charge in [-0.25, -0.2) is 17.9 Å². The molecule has 1 aromatic carbocycles. The number of carbonyl (C=O) groups is 1. The quantitative estimate of drug-likeness (QED) is 0.886. The minimum absolute atomic E-state index is 0.0449. The Labute approximate surface area is 122 Å². The van der Waals surface area contributed by atoms with Crippen LogP contribution in [-0.2, 0) is 14.8 Å². The number of benzene rings is 1. The molecule has 1 unspecified atom stereocenters. The lowest BCUT2D eigenvalue weighted by molar-refractivity contribution is 0.0710. The highest BCUT2D eigenvalue weighted by Crippen LogP contribution is 2.22. The van der Waals surface area contributed by atoms with E-state index in [2.05, 4.69) is 0 Å². The lowest BCUT2D eigenvalue weighted by Gasteiger charge is -2.23. The number of hydrogen-bond acceptors (Lipinski definition) is 4. The summed E-state index contributed by atoms with van der Waals surface area (Å²) >= 11 is 0. The number of ether oxygens (including phenoxy) is 1. The van der Waals surface area contributed by atoms with Crippen LogP contribution in [0, 0.1) is 12.7 Å². The SMILES string of the molecule is Cc1c(F)cc(C(=O)N(C)C2CCOC2)cc1S(N)(=O)=O. The Hall–Kier alpha value is -1.51. The molecule has 116 valence electrons. The molecule has 0 radical (unpaired) electrons. The van der Waals surface area contributed by atoms with E-state index in [4.69, 9.17) is 9.88 Å². The Morgan fingerprint density at radius 1 is 1.48 bits per heavy atom. The lowest BCUT2D eigenvalue weighted by Crippen LogP contribution is -2.37. The summed E-state index contributed by atoms with van der Waals surface area (Å²) in [5.74, 6) is -1.24. The summed E-state index contributed by atoms with van der Waals surface area (Å²) in [4.78, 5) is 13.4. The fourth-order valence-electron chi connectivity index (χ4n) is 2.27. The van der Waals surface area contributed by atoms with Crippen molar-refractivity contribution < 1.29 is 22.3 Å². The van der Waals surface area contributed by atoms with Crippen molar-refractivity contribution in [3.05, 3.63) is 29.1 Å². The van der Waals surface area contributed by atoms with Crippen LogP contribution in [0.3, 0.4) is 0 Å². The molecule has 0 bridgehead atoms. The number of hydrogen-bond donors (Lipinski definition) is 1. The summed E-state index contributed by atoms with van der Waals surface area (Å²) in [5.41, 5.74) is -0.141. The maximum atomic E-state index is 13.9. The number of likely N-dealkylation sites (N-methyl/N-ethyl adjacent to an activating group) is 1. The van der Waals surface area contributed by atoms with Gasteiger partial charge in [0.2, 0.25) is 10.0 Å². The van der Waals surface area contributed by atoms with Crippen LogP contribution in [0.1, 0.15) is 22.3 Å². The topological polar surface area (TPSA) is 89.7 Å². The highest BCUT2D eigenvalue weighted by Gasteiger charge is 2.27. The van der Waals surface area contributed by atoms with Gasteiger partial charge >= 0.3 is 0 Å². The van der Waals surface area contributed by atoms with Gasteiger partial charge in [-0.2, -0.15) is 0 Å². The molecular formula is C13H17FN2O4S. The van der Waals surface area contributed by atoms with Crippen molar-refractivity contribution in [2.24, 2.45) is 5.14 Å². The molecule has 0 spiro atoms. The molecule has 0 aromatic heterocycles. The van der Waals surface area contributed by atoms with E-state index in [0.717, 1.165) is 12.1 Å². The van der Waals surface area contributed by atoms with Crippen molar-refractivity contribution in [1.29, 1.82) is 0 Å². The van der Waals surface area contributed by atoms with Gasteiger partial charge in [0.1, 0.15) is 5.82 Å². The highest BCUT2D eigenvalue weighted by molar-refractivity contribution is 7.89. The number of sulfonamides is 1. The Kier molecular flexibility index (Phi) is 4.31. The molecule has 0 aliphatic carbocycles. The maximum absolute atomic E-state index is 13.9. The second-order valence-electron chi connectivity index (χ2n) is 5.06. The molecule has 21 heavy (non-hydrogen) atoms. The third-order valence-corrected chi connectivity index (χ3v) is 4.66. The van der Waals surface area contributed by atoms with E-state index in [9.17, 15) is 17.6 Å². The number of halogens is 1. The Morgan fingerprint density at radius 3 is 2.67 bits per heavy atom. The molecule has 1 atom stereocenters. The maximum Gasteiger partial charge on any atom is 0.254 e. The van der Waals surface area contributed by atoms with Gasteiger partial charge in [-0.05, 0) is 25.5 Å². The van der Waals surface area contributed by atoms with E-state index in [1.165, 1.54) is 11.8 Å². The molecule has 0 saturated carbocycles. The summed E-state index contributed by atoms with van der Waals surface area (Å²) in [6.07, 6.45) is 0.693. The summed E-state index contributed by atoms with van der Waals surface area (Å²) in [5, 5.41) is 5.05. The molecule has 6 nitrogen and oxygen atoms in total. The van der Waals surface area contributed by atoms with Gasteiger partial charge in [0, 0.05) is 24.8 Å². The van der Waals surface area contributed by atoms with Crippen LogP contribution < -0.4 is 5.14 Å². The number of rotatable bonds is 3. The lowest BCUT2D eigenvalue weighted by atomic mass is 10.1. The van der Waals surface area contributed by atoms with Gasteiger partial charge < -0.3 is 9.64 Å². The number of nitrogens with zero attached hydrogens (tertiary/aromatic N) is 1. The zero-order valence-corrected chi connectivity index (χ0v) is 12.6. The van der Waals surface area contributed by atoms with Crippen molar-refractivity contribution in [1.82, 2.24) is 4.90 Å². The minimum Gasteiger partial charge on any atom is -0.379 e. The molecular weight excluding hydrogens is 299 g/mol. The van der Waals surface area contributed by atoms with E-state index < -0.39 is 21.7 Å². The molecule has 1 fully saturated rings. The summed E-state index contributed by atoms with van der Waals surface area (Å²) in [7, 11) is -2.51. The molecule has 1 amide bonds. The third-order valence-electron chi connectivity index (χ3n) is 3.62. The first-order chi connectivity index (χ1) is 9.71. The number of nitrogens with two attached hydrogens (primary N) is 1. The summed E-state index contributed by atoms with van der Waals surface area (Å²) < 4.78 is 42.0. The molecule has 8 heteroatoms. The second-order valence-corrected chi connectivity index (χ2v) is 6.59. The first kappa shape index (κ1) is 15.9. The predicted octanol–water partition coefficient (Wildman–Crippen LogP) is 0.642. The van der Waals surface area contributed by atoms with Crippen LogP contribution in [0.25, 0.3) is 0 Å². The minimum atomic E-state index is -4.09.